The molecule has 16 heavy (non-hydrogen) atoms. The number of rotatable bonds is 3. The van der Waals surface area contributed by atoms with Gasteiger partial charge in [-0.05, 0) is 12.1 Å². The molecule has 0 saturated heterocycles. The van der Waals surface area contributed by atoms with Gasteiger partial charge in [-0.1, -0.05) is 18.5 Å². The average Bonchev–Trinajstić information content (AvgIpc) is 2.20. The maximum atomic E-state index is 13.6. The standard InChI is InChI=1S/C9H8ClFO4S/c1-2-16(14,15)7-4-5(10)3-6(8(7)11)9(12)13/h3-4H,2H2,1H3,(H,12,13). The first-order valence-electron chi connectivity index (χ1n) is 4.24. The highest BCUT2D eigenvalue weighted by molar-refractivity contribution is 7.91. The molecule has 0 radical (unpaired) electrons. The molecule has 0 bridgehead atoms. The Labute approximate surface area is 96.6 Å². The minimum absolute atomic E-state index is 0.133. The van der Waals surface area contributed by atoms with Crippen molar-refractivity contribution in [2.24, 2.45) is 0 Å². The molecule has 0 amide bonds. The summed E-state index contributed by atoms with van der Waals surface area (Å²) in [6, 6.07) is 1.77. The van der Waals surface area contributed by atoms with Crippen LogP contribution in [-0.4, -0.2) is 25.2 Å². The smallest absolute Gasteiger partial charge is 0.338 e. The monoisotopic (exact) mass is 266 g/mol. The molecule has 1 aromatic carbocycles. The summed E-state index contributed by atoms with van der Waals surface area (Å²) < 4.78 is 36.5. The van der Waals surface area contributed by atoms with Crippen LogP contribution in [0.1, 0.15) is 17.3 Å². The number of sulfone groups is 1. The number of aromatic carboxylic acids is 1. The summed E-state index contributed by atoms with van der Waals surface area (Å²) in [6.07, 6.45) is 0. The van der Waals surface area contributed by atoms with Gasteiger partial charge in [0.15, 0.2) is 15.7 Å². The average molecular weight is 267 g/mol. The fraction of sp³-hybridized carbons (Fsp3) is 0.222. The van der Waals surface area contributed by atoms with Crippen LogP contribution in [0.25, 0.3) is 0 Å². The first kappa shape index (κ1) is 12.9. The summed E-state index contributed by atoms with van der Waals surface area (Å²) in [5.74, 6) is -3.17. The van der Waals surface area contributed by atoms with E-state index in [0.29, 0.717) is 0 Å². The fourth-order valence-corrected chi connectivity index (χ4v) is 2.39. The lowest BCUT2D eigenvalue weighted by Gasteiger charge is -2.06. The Morgan fingerprint density at radius 2 is 2.06 bits per heavy atom. The molecule has 0 heterocycles. The van der Waals surface area contributed by atoms with Crippen LogP contribution in [0.3, 0.4) is 0 Å². The van der Waals surface area contributed by atoms with Crippen molar-refractivity contribution in [1.29, 1.82) is 0 Å². The Hall–Kier alpha value is -1.14. The Balaban J connectivity index is 3.60. The molecular formula is C9H8ClFO4S. The van der Waals surface area contributed by atoms with Crippen molar-refractivity contribution in [3.05, 3.63) is 28.5 Å². The van der Waals surface area contributed by atoms with Crippen LogP contribution in [0.15, 0.2) is 17.0 Å². The third-order valence-electron chi connectivity index (χ3n) is 1.95. The van der Waals surface area contributed by atoms with Crippen LogP contribution in [0.5, 0.6) is 0 Å². The number of carbonyl (C=O) groups is 1. The molecule has 0 spiro atoms. The third-order valence-corrected chi connectivity index (χ3v) is 3.89. The van der Waals surface area contributed by atoms with Crippen molar-refractivity contribution in [2.45, 2.75) is 11.8 Å². The quantitative estimate of drug-likeness (QED) is 0.908. The predicted molar refractivity (Wildman–Crippen MR) is 56.1 cm³/mol. The van der Waals surface area contributed by atoms with Crippen LogP contribution in [0.4, 0.5) is 4.39 Å². The highest BCUT2D eigenvalue weighted by Crippen LogP contribution is 2.24. The molecule has 1 rings (SSSR count). The molecule has 88 valence electrons. The molecule has 0 unspecified atom stereocenters. The molecular weight excluding hydrogens is 259 g/mol. The maximum absolute atomic E-state index is 13.6. The summed E-state index contributed by atoms with van der Waals surface area (Å²) >= 11 is 5.53. The van der Waals surface area contributed by atoms with E-state index in [1.54, 1.807) is 0 Å². The molecule has 0 aliphatic heterocycles. The van der Waals surface area contributed by atoms with E-state index >= 15 is 0 Å². The number of carboxylic acid groups (broad SMARTS) is 1. The van der Waals surface area contributed by atoms with Crippen LogP contribution in [-0.2, 0) is 9.84 Å². The Morgan fingerprint density at radius 1 is 1.50 bits per heavy atom. The van der Waals surface area contributed by atoms with Gasteiger partial charge in [0.05, 0.1) is 11.3 Å². The second kappa shape index (κ2) is 4.39. The predicted octanol–water partition coefficient (Wildman–Crippen LogP) is 1.97. The van der Waals surface area contributed by atoms with Gasteiger partial charge in [0, 0.05) is 5.02 Å². The normalized spacial score (nSPS) is 11.4. The third kappa shape index (κ3) is 2.33. The zero-order valence-corrected chi connectivity index (χ0v) is 9.77. The lowest BCUT2D eigenvalue weighted by Crippen LogP contribution is -2.10. The van der Waals surface area contributed by atoms with Crippen LogP contribution >= 0.6 is 11.6 Å². The Morgan fingerprint density at radius 3 is 2.50 bits per heavy atom. The first-order valence-corrected chi connectivity index (χ1v) is 6.27. The molecule has 0 aliphatic carbocycles. The number of hydrogen-bond donors (Lipinski definition) is 1. The molecule has 0 fully saturated rings. The number of hydrogen-bond acceptors (Lipinski definition) is 3. The molecule has 1 N–H and O–H groups in total. The van der Waals surface area contributed by atoms with Gasteiger partial charge in [0.2, 0.25) is 0 Å². The maximum Gasteiger partial charge on any atom is 0.338 e. The lowest BCUT2D eigenvalue weighted by molar-refractivity contribution is 0.0691. The zero-order chi connectivity index (χ0) is 12.5. The first-order chi connectivity index (χ1) is 7.29. The second-order valence-electron chi connectivity index (χ2n) is 2.97. The van der Waals surface area contributed by atoms with E-state index in [1.807, 2.05) is 0 Å². The van der Waals surface area contributed by atoms with Gasteiger partial charge in [0.25, 0.3) is 0 Å². The van der Waals surface area contributed by atoms with Gasteiger partial charge in [-0.25, -0.2) is 17.6 Å². The van der Waals surface area contributed by atoms with Crippen molar-refractivity contribution < 1.29 is 22.7 Å². The topological polar surface area (TPSA) is 71.4 Å². The van der Waals surface area contributed by atoms with E-state index in [-0.39, 0.29) is 10.8 Å². The minimum Gasteiger partial charge on any atom is -0.478 e. The van der Waals surface area contributed by atoms with Gasteiger partial charge in [-0.15, -0.1) is 0 Å². The molecule has 4 nitrogen and oxygen atoms in total. The number of halogens is 2. The highest BCUT2D eigenvalue weighted by atomic mass is 35.5. The van der Waals surface area contributed by atoms with Crippen molar-refractivity contribution in [3.63, 3.8) is 0 Å². The molecule has 1 aromatic rings. The summed E-state index contributed by atoms with van der Waals surface area (Å²) in [4.78, 5) is 9.97. The SMILES string of the molecule is CCS(=O)(=O)c1cc(Cl)cc(C(=O)O)c1F. The molecule has 7 heteroatoms. The van der Waals surface area contributed by atoms with Crippen molar-refractivity contribution in [2.75, 3.05) is 5.75 Å². The van der Waals surface area contributed by atoms with E-state index in [1.165, 1.54) is 6.92 Å². The molecule has 0 aromatic heterocycles. The number of benzene rings is 1. The lowest BCUT2D eigenvalue weighted by atomic mass is 10.2. The molecule has 0 saturated carbocycles. The summed E-state index contributed by atoms with van der Waals surface area (Å²) in [7, 11) is -3.83. The van der Waals surface area contributed by atoms with Gasteiger partial charge in [-0.2, -0.15) is 0 Å². The zero-order valence-electron chi connectivity index (χ0n) is 8.20. The van der Waals surface area contributed by atoms with E-state index in [0.717, 1.165) is 12.1 Å². The van der Waals surface area contributed by atoms with E-state index in [9.17, 15) is 17.6 Å². The fourth-order valence-electron chi connectivity index (χ4n) is 1.10. The van der Waals surface area contributed by atoms with Gasteiger partial charge < -0.3 is 5.11 Å². The van der Waals surface area contributed by atoms with E-state index < -0.39 is 32.1 Å². The molecule has 0 aliphatic rings. The second-order valence-corrected chi connectivity index (χ2v) is 5.66. The van der Waals surface area contributed by atoms with Crippen molar-refractivity contribution >= 4 is 27.4 Å². The Kier molecular flexibility index (Phi) is 3.54. The van der Waals surface area contributed by atoms with Gasteiger partial charge in [0.1, 0.15) is 4.90 Å². The molecule has 0 atom stereocenters. The largest absolute Gasteiger partial charge is 0.478 e. The van der Waals surface area contributed by atoms with E-state index in [2.05, 4.69) is 0 Å². The van der Waals surface area contributed by atoms with Gasteiger partial charge in [-0.3, -0.25) is 0 Å². The summed E-state index contributed by atoms with van der Waals surface area (Å²) in [5.41, 5.74) is -0.750. The van der Waals surface area contributed by atoms with Crippen LogP contribution < -0.4 is 0 Å². The van der Waals surface area contributed by atoms with E-state index in [4.69, 9.17) is 16.7 Å². The minimum atomic E-state index is -3.83. The van der Waals surface area contributed by atoms with Crippen molar-refractivity contribution in [3.8, 4) is 0 Å². The van der Waals surface area contributed by atoms with Gasteiger partial charge >= 0.3 is 5.97 Å². The van der Waals surface area contributed by atoms with Crippen LogP contribution in [0.2, 0.25) is 5.02 Å². The van der Waals surface area contributed by atoms with Crippen LogP contribution in [0, 0.1) is 5.82 Å². The summed E-state index contributed by atoms with van der Waals surface area (Å²) in [6.45, 7) is 1.33. The van der Waals surface area contributed by atoms with Crippen molar-refractivity contribution in [1.82, 2.24) is 0 Å². The number of carboxylic acids is 1. The Bertz CT molecular complexity index is 539. The summed E-state index contributed by atoms with van der Waals surface area (Å²) in [5, 5.41) is 8.53. The highest BCUT2D eigenvalue weighted by Gasteiger charge is 2.23.